The van der Waals surface area contributed by atoms with E-state index in [4.69, 9.17) is 0 Å². The van der Waals surface area contributed by atoms with Gasteiger partial charge in [-0.3, -0.25) is 9.59 Å². The van der Waals surface area contributed by atoms with Crippen LogP contribution in [0.2, 0.25) is 0 Å². The zero-order valence-electron chi connectivity index (χ0n) is 13.2. The quantitative estimate of drug-likeness (QED) is 0.885. The lowest BCUT2D eigenvalue weighted by Gasteiger charge is -2.24. The number of benzene rings is 2. The maximum Gasteiger partial charge on any atom is 0.251 e. The van der Waals surface area contributed by atoms with Crippen LogP contribution >= 0.6 is 11.8 Å². The van der Waals surface area contributed by atoms with Crippen LogP contribution in [-0.2, 0) is 17.6 Å². The van der Waals surface area contributed by atoms with Crippen LogP contribution in [0.25, 0.3) is 0 Å². The maximum absolute atomic E-state index is 12.7. The molecule has 4 nitrogen and oxygen atoms in total. The zero-order chi connectivity index (χ0) is 16.5. The standard InChI is InChI=1S/C19H18N2O2S/c22-18-16-11-14(6-5-13(16)7-9-20-18)21-19(23)17-15-4-2-1-3-12(15)8-10-24-17/h1-6,11,17H,7-10H2,(H,20,22)(H,21,23). The molecule has 1 unspecified atom stereocenters. The molecular weight excluding hydrogens is 320 g/mol. The Bertz CT molecular complexity index is 819. The van der Waals surface area contributed by atoms with Gasteiger partial charge in [0.1, 0.15) is 5.25 Å². The first-order valence-electron chi connectivity index (χ1n) is 8.14. The number of aryl methyl sites for hydroxylation is 1. The van der Waals surface area contributed by atoms with E-state index >= 15 is 0 Å². The second-order valence-electron chi connectivity index (χ2n) is 6.07. The number of nitrogens with one attached hydrogen (secondary N) is 2. The van der Waals surface area contributed by atoms with Gasteiger partial charge in [0, 0.05) is 17.8 Å². The number of thioether (sulfide) groups is 1. The van der Waals surface area contributed by atoms with Crippen molar-refractivity contribution in [2.45, 2.75) is 18.1 Å². The minimum Gasteiger partial charge on any atom is -0.352 e. The molecule has 0 radical (unpaired) electrons. The van der Waals surface area contributed by atoms with Crippen LogP contribution in [0.1, 0.15) is 32.3 Å². The molecule has 0 fully saturated rings. The highest BCUT2D eigenvalue weighted by Gasteiger charge is 2.27. The summed E-state index contributed by atoms with van der Waals surface area (Å²) in [7, 11) is 0. The summed E-state index contributed by atoms with van der Waals surface area (Å²) in [6.07, 6.45) is 1.84. The average Bonchev–Trinajstić information content (AvgIpc) is 2.62. The molecular formula is C19H18N2O2S. The molecule has 0 saturated carbocycles. The predicted molar refractivity (Wildman–Crippen MR) is 96.5 cm³/mol. The van der Waals surface area contributed by atoms with E-state index in [1.54, 1.807) is 17.8 Å². The van der Waals surface area contributed by atoms with E-state index < -0.39 is 0 Å². The van der Waals surface area contributed by atoms with E-state index in [2.05, 4.69) is 16.7 Å². The fraction of sp³-hybridized carbons (Fsp3) is 0.263. The molecule has 0 saturated heterocycles. The van der Waals surface area contributed by atoms with Crippen molar-refractivity contribution in [3.63, 3.8) is 0 Å². The van der Waals surface area contributed by atoms with Gasteiger partial charge in [0.25, 0.3) is 5.91 Å². The van der Waals surface area contributed by atoms with Crippen LogP contribution in [0.4, 0.5) is 5.69 Å². The Morgan fingerprint density at radius 2 is 2.00 bits per heavy atom. The van der Waals surface area contributed by atoms with Crippen molar-refractivity contribution in [1.82, 2.24) is 5.32 Å². The minimum absolute atomic E-state index is 0.0247. The molecule has 2 aliphatic heterocycles. The SMILES string of the molecule is O=C1NCCc2ccc(NC(=O)C3SCCc4ccccc43)cc21. The molecule has 2 N–H and O–H groups in total. The van der Waals surface area contributed by atoms with Crippen molar-refractivity contribution < 1.29 is 9.59 Å². The summed E-state index contributed by atoms with van der Waals surface area (Å²) in [5, 5.41) is 5.63. The Kier molecular flexibility index (Phi) is 4.02. The smallest absolute Gasteiger partial charge is 0.251 e. The molecule has 4 rings (SSSR count). The Morgan fingerprint density at radius 3 is 2.92 bits per heavy atom. The van der Waals surface area contributed by atoms with Crippen molar-refractivity contribution in [3.05, 3.63) is 64.7 Å². The lowest BCUT2D eigenvalue weighted by molar-refractivity contribution is -0.115. The summed E-state index contributed by atoms with van der Waals surface area (Å²) in [6.45, 7) is 0.674. The Balaban J connectivity index is 1.57. The number of hydrogen-bond acceptors (Lipinski definition) is 3. The van der Waals surface area contributed by atoms with Gasteiger partial charge in [-0.15, -0.1) is 11.8 Å². The van der Waals surface area contributed by atoms with Crippen LogP contribution in [0, 0.1) is 0 Å². The van der Waals surface area contributed by atoms with Crippen molar-refractivity contribution in [3.8, 4) is 0 Å². The van der Waals surface area contributed by atoms with Crippen molar-refractivity contribution >= 4 is 29.3 Å². The molecule has 24 heavy (non-hydrogen) atoms. The number of fused-ring (bicyclic) bond motifs is 2. The first-order chi connectivity index (χ1) is 11.7. The molecule has 0 spiro atoms. The minimum atomic E-state index is -0.195. The van der Waals surface area contributed by atoms with E-state index in [0.717, 1.165) is 29.7 Å². The summed E-state index contributed by atoms with van der Waals surface area (Å²) < 4.78 is 0. The van der Waals surface area contributed by atoms with E-state index in [1.807, 2.05) is 30.3 Å². The summed E-state index contributed by atoms with van der Waals surface area (Å²) >= 11 is 1.67. The lowest BCUT2D eigenvalue weighted by Crippen LogP contribution is -2.32. The third-order valence-electron chi connectivity index (χ3n) is 4.53. The van der Waals surface area contributed by atoms with Gasteiger partial charge in [-0.2, -0.15) is 0 Å². The molecule has 2 aliphatic rings. The molecule has 2 heterocycles. The largest absolute Gasteiger partial charge is 0.352 e. The summed E-state index contributed by atoms with van der Waals surface area (Å²) in [5.74, 6) is 0.856. The van der Waals surface area contributed by atoms with Crippen LogP contribution in [0.3, 0.4) is 0 Å². The molecule has 0 aliphatic carbocycles. The molecule has 2 aromatic rings. The molecule has 2 amide bonds. The Hall–Kier alpha value is -2.27. The van der Waals surface area contributed by atoms with E-state index in [0.29, 0.717) is 17.8 Å². The van der Waals surface area contributed by atoms with Crippen molar-refractivity contribution in [2.75, 3.05) is 17.6 Å². The van der Waals surface area contributed by atoms with Crippen LogP contribution in [0.15, 0.2) is 42.5 Å². The average molecular weight is 338 g/mol. The van der Waals surface area contributed by atoms with Gasteiger partial charge in [0.2, 0.25) is 5.91 Å². The second kappa shape index (κ2) is 6.32. The fourth-order valence-electron chi connectivity index (χ4n) is 3.31. The van der Waals surface area contributed by atoms with Gasteiger partial charge in [-0.05, 0) is 47.4 Å². The van der Waals surface area contributed by atoms with Gasteiger partial charge < -0.3 is 10.6 Å². The van der Waals surface area contributed by atoms with Gasteiger partial charge in [0.15, 0.2) is 0 Å². The first-order valence-corrected chi connectivity index (χ1v) is 9.18. The van der Waals surface area contributed by atoms with Crippen LogP contribution in [0.5, 0.6) is 0 Å². The van der Waals surface area contributed by atoms with E-state index in [1.165, 1.54) is 5.56 Å². The molecule has 0 aromatic heterocycles. The third-order valence-corrected chi connectivity index (χ3v) is 5.77. The van der Waals surface area contributed by atoms with E-state index in [9.17, 15) is 9.59 Å². The first kappa shape index (κ1) is 15.3. The Morgan fingerprint density at radius 1 is 1.12 bits per heavy atom. The monoisotopic (exact) mass is 338 g/mol. The topological polar surface area (TPSA) is 58.2 Å². The number of rotatable bonds is 2. The Labute approximate surface area is 145 Å². The second-order valence-corrected chi connectivity index (χ2v) is 7.28. The fourth-order valence-corrected chi connectivity index (χ4v) is 4.50. The molecule has 5 heteroatoms. The van der Waals surface area contributed by atoms with Gasteiger partial charge >= 0.3 is 0 Å². The highest BCUT2D eigenvalue weighted by molar-refractivity contribution is 8.00. The summed E-state index contributed by atoms with van der Waals surface area (Å²) in [6, 6.07) is 13.7. The number of anilines is 1. The zero-order valence-corrected chi connectivity index (χ0v) is 14.0. The molecule has 122 valence electrons. The van der Waals surface area contributed by atoms with Crippen LogP contribution < -0.4 is 10.6 Å². The normalized spacial score (nSPS) is 19.0. The number of carbonyl (C=O) groups is 2. The predicted octanol–water partition coefficient (Wildman–Crippen LogP) is 2.94. The number of carbonyl (C=O) groups excluding carboxylic acids is 2. The van der Waals surface area contributed by atoms with E-state index in [-0.39, 0.29) is 17.1 Å². The maximum atomic E-state index is 12.7. The molecule has 1 atom stereocenters. The molecule has 0 bridgehead atoms. The van der Waals surface area contributed by atoms with Crippen LogP contribution in [-0.4, -0.2) is 24.1 Å². The van der Waals surface area contributed by atoms with Crippen molar-refractivity contribution in [2.24, 2.45) is 0 Å². The lowest BCUT2D eigenvalue weighted by atomic mass is 9.99. The highest BCUT2D eigenvalue weighted by atomic mass is 32.2. The molecule has 2 aromatic carbocycles. The number of amides is 2. The van der Waals surface area contributed by atoms with Gasteiger partial charge in [0.05, 0.1) is 0 Å². The van der Waals surface area contributed by atoms with Gasteiger partial charge in [-0.25, -0.2) is 0 Å². The van der Waals surface area contributed by atoms with Gasteiger partial charge in [-0.1, -0.05) is 30.3 Å². The number of hydrogen-bond donors (Lipinski definition) is 2. The van der Waals surface area contributed by atoms with Crippen molar-refractivity contribution in [1.29, 1.82) is 0 Å². The third kappa shape index (κ3) is 2.80. The summed E-state index contributed by atoms with van der Waals surface area (Å²) in [5.41, 5.74) is 4.73. The highest BCUT2D eigenvalue weighted by Crippen LogP contribution is 2.37. The summed E-state index contributed by atoms with van der Waals surface area (Å²) in [4.78, 5) is 24.7.